The number of aromatic nitrogens is 1. The van der Waals surface area contributed by atoms with Gasteiger partial charge < -0.3 is 16.4 Å². The van der Waals surface area contributed by atoms with E-state index < -0.39 is 17.8 Å². The maximum Gasteiger partial charge on any atom is 0.420 e. The first-order valence-corrected chi connectivity index (χ1v) is 6.85. The molecule has 1 aromatic heterocycles. The van der Waals surface area contributed by atoms with E-state index in [2.05, 4.69) is 26.3 Å². The highest BCUT2D eigenvalue weighted by molar-refractivity contribution is 5.76. The maximum atomic E-state index is 12.3. The summed E-state index contributed by atoms with van der Waals surface area (Å²) in [6.07, 6.45) is 1.12. The van der Waals surface area contributed by atoms with Gasteiger partial charge in [0.2, 0.25) is 0 Å². The van der Waals surface area contributed by atoms with Crippen LogP contribution >= 0.6 is 0 Å². The number of alkyl halides is 3. The second-order valence-electron chi connectivity index (χ2n) is 4.75. The van der Waals surface area contributed by atoms with Crippen LogP contribution in [0.25, 0.3) is 0 Å². The highest BCUT2D eigenvalue weighted by atomic mass is 19.4. The summed E-state index contributed by atoms with van der Waals surface area (Å²) in [7, 11) is 0. The van der Waals surface area contributed by atoms with E-state index in [0.29, 0.717) is 5.82 Å². The second kappa shape index (κ2) is 7.47. The van der Waals surface area contributed by atoms with Crippen LogP contribution in [0.4, 0.5) is 23.8 Å². The Balaban J connectivity index is 1.87. The highest BCUT2D eigenvalue weighted by Gasteiger charge is 2.37. The summed E-state index contributed by atoms with van der Waals surface area (Å²) in [5, 5.41) is 4.84. The first kappa shape index (κ1) is 17.3. The Hall–Kier alpha value is -3.06. The van der Waals surface area contributed by atoms with Crippen molar-refractivity contribution in [2.24, 2.45) is 10.7 Å². The van der Waals surface area contributed by atoms with Gasteiger partial charge in [0.15, 0.2) is 5.82 Å². The minimum Gasteiger partial charge on any atom is -0.405 e. The molecule has 24 heavy (non-hydrogen) atoms. The van der Waals surface area contributed by atoms with Crippen molar-refractivity contribution in [3.8, 4) is 0 Å². The molecule has 126 valence electrons. The number of allylic oxidation sites excluding steroid dienone is 1. The fraction of sp³-hybridized carbons (Fsp3) is 0.200. The molecule has 0 aliphatic heterocycles. The van der Waals surface area contributed by atoms with E-state index >= 15 is 0 Å². The average Bonchev–Trinajstić information content (AvgIpc) is 2.48. The molecule has 6 nitrogen and oxygen atoms in total. The van der Waals surface area contributed by atoms with Gasteiger partial charge in [-0.2, -0.15) is 13.2 Å². The summed E-state index contributed by atoms with van der Waals surface area (Å²) in [4.78, 5) is 19.7. The van der Waals surface area contributed by atoms with E-state index in [1.54, 1.807) is 12.1 Å². The third-order valence-corrected chi connectivity index (χ3v) is 2.93. The number of carbonyl (C=O) groups excluding carboxylic acids is 1. The first-order valence-electron chi connectivity index (χ1n) is 6.85. The number of hydrogen-bond donors (Lipinski definition) is 3. The van der Waals surface area contributed by atoms with Crippen LogP contribution in [0, 0.1) is 0 Å². The molecular formula is C15H14F3N5O. The van der Waals surface area contributed by atoms with E-state index in [1.807, 2.05) is 0 Å². The average molecular weight is 337 g/mol. The first-order chi connectivity index (χ1) is 11.4. The SMILES string of the molecule is N/C=C\C=Nc1cc(CNC(=O)NC2=C=C(C(F)(F)F)C2)ccn1. The number of nitrogens with two attached hydrogens (primary N) is 1. The molecule has 1 aromatic rings. The second-order valence-corrected chi connectivity index (χ2v) is 4.75. The van der Waals surface area contributed by atoms with Gasteiger partial charge in [-0.25, -0.2) is 14.8 Å². The van der Waals surface area contributed by atoms with E-state index in [4.69, 9.17) is 5.73 Å². The summed E-state index contributed by atoms with van der Waals surface area (Å²) < 4.78 is 36.8. The van der Waals surface area contributed by atoms with Crippen LogP contribution in [-0.4, -0.2) is 23.4 Å². The van der Waals surface area contributed by atoms with Gasteiger partial charge in [-0.05, 0) is 30.0 Å². The summed E-state index contributed by atoms with van der Waals surface area (Å²) >= 11 is 0. The Morgan fingerprint density at radius 2 is 2.25 bits per heavy atom. The fourth-order valence-electron chi connectivity index (χ4n) is 1.76. The highest BCUT2D eigenvalue weighted by Crippen LogP contribution is 2.33. The molecule has 0 unspecified atom stereocenters. The van der Waals surface area contributed by atoms with Crippen molar-refractivity contribution in [1.82, 2.24) is 15.6 Å². The van der Waals surface area contributed by atoms with E-state index in [0.717, 1.165) is 5.56 Å². The molecule has 2 amide bonds. The van der Waals surface area contributed by atoms with Crippen LogP contribution in [0.1, 0.15) is 12.0 Å². The molecule has 0 saturated carbocycles. The van der Waals surface area contributed by atoms with Crippen LogP contribution in [-0.2, 0) is 6.54 Å². The molecule has 9 heteroatoms. The molecule has 0 fully saturated rings. The lowest BCUT2D eigenvalue weighted by atomic mass is 10.0. The summed E-state index contributed by atoms with van der Waals surface area (Å²) in [5.74, 6) is 0.437. The Kier molecular flexibility index (Phi) is 5.39. The number of pyridine rings is 1. The van der Waals surface area contributed by atoms with Gasteiger partial charge in [0.05, 0.1) is 11.3 Å². The van der Waals surface area contributed by atoms with Gasteiger partial charge in [-0.15, -0.1) is 0 Å². The molecule has 0 aromatic carbocycles. The van der Waals surface area contributed by atoms with Crippen LogP contribution < -0.4 is 16.4 Å². The van der Waals surface area contributed by atoms with Gasteiger partial charge in [-0.1, -0.05) is 5.73 Å². The molecule has 0 atom stereocenters. The lowest BCUT2D eigenvalue weighted by molar-refractivity contribution is -0.0945. The zero-order valence-electron chi connectivity index (χ0n) is 12.4. The Labute approximate surface area is 135 Å². The number of carbonyl (C=O) groups is 1. The minimum absolute atomic E-state index is 0.105. The number of nitrogens with one attached hydrogen (secondary N) is 2. The van der Waals surface area contributed by atoms with Crippen LogP contribution in [0.3, 0.4) is 0 Å². The van der Waals surface area contributed by atoms with Crippen molar-refractivity contribution in [2.45, 2.75) is 19.1 Å². The lowest BCUT2D eigenvalue weighted by Crippen LogP contribution is -2.36. The van der Waals surface area contributed by atoms with E-state index in [1.165, 1.54) is 24.7 Å². The van der Waals surface area contributed by atoms with Crippen molar-refractivity contribution >= 4 is 18.1 Å². The zero-order valence-corrected chi connectivity index (χ0v) is 12.4. The zero-order chi connectivity index (χ0) is 17.6. The van der Waals surface area contributed by atoms with Crippen molar-refractivity contribution in [1.29, 1.82) is 0 Å². The molecule has 0 spiro atoms. The molecule has 0 bridgehead atoms. The number of halogens is 3. The van der Waals surface area contributed by atoms with Gasteiger partial charge in [0.25, 0.3) is 0 Å². The molecule has 1 aliphatic rings. The van der Waals surface area contributed by atoms with Gasteiger partial charge >= 0.3 is 12.2 Å². The summed E-state index contributed by atoms with van der Waals surface area (Å²) in [6, 6.07) is 2.74. The quantitative estimate of drug-likeness (QED) is 0.569. The van der Waals surface area contributed by atoms with E-state index in [9.17, 15) is 18.0 Å². The third-order valence-electron chi connectivity index (χ3n) is 2.93. The number of aliphatic imine (C=N–C) groups is 1. The smallest absolute Gasteiger partial charge is 0.405 e. The monoisotopic (exact) mass is 337 g/mol. The van der Waals surface area contributed by atoms with Crippen molar-refractivity contribution in [3.63, 3.8) is 0 Å². The fourth-order valence-corrected chi connectivity index (χ4v) is 1.76. The van der Waals surface area contributed by atoms with Crippen LogP contribution in [0.5, 0.6) is 0 Å². The number of nitrogens with zero attached hydrogens (tertiary/aromatic N) is 2. The number of amides is 2. The Morgan fingerprint density at radius 1 is 1.50 bits per heavy atom. The van der Waals surface area contributed by atoms with Gasteiger partial charge in [0.1, 0.15) is 0 Å². The molecular weight excluding hydrogens is 323 g/mol. The van der Waals surface area contributed by atoms with Crippen molar-refractivity contribution < 1.29 is 18.0 Å². The molecule has 0 radical (unpaired) electrons. The minimum atomic E-state index is -4.39. The van der Waals surface area contributed by atoms with Gasteiger partial charge in [0, 0.05) is 25.4 Å². The van der Waals surface area contributed by atoms with Crippen molar-refractivity contribution in [2.75, 3.05) is 0 Å². The van der Waals surface area contributed by atoms with Gasteiger partial charge in [-0.3, -0.25) is 0 Å². The number of hydrogen-bond acceptors (Lipinski definition) is 4. The molecule has 1 heterocycles. The third kappa shape index (κ3) is 4.99. The standard InChI is InChI=1S/C15H14F3N5O/c16-15(17,18)11-7-12(8-11)23-14(24)22-9-10-2-5-21-13(6-10)20-4-1-3-19/h1-6H,7,9,19H2,(H2,22,23,24)/b3-1-,20-4?. The Morgan fingerprint density at radius 3 is 2.92 bits per heavy atom. The van der Waals surface area contributed by atoms with Crippen molar-refractivity contribution in [3.05, 3.63) is 53.2 Å². The molecule has 2 rings (SSSR count). The summed E-state index contributed by atoms with van der Waals surface area (Å²) in [6.45, 7) is 0.173. The Bertz CT molecular complexity index is 746. The van der Waals surface area contributed by atoms with Crippen LogP contribution in [0.2, 0.25) is 0 Å². The largest absolute Gasteiger partial charge is 0.420 e. The molecule has 0 saturated heterocycles. The predicted octanol–water partition coefficient (Wildman–Crippen LogP) is 2.43. The normalized spacial score (nSPS) is 14.3. The number of urea groups is 1. The van der Waals surface area contributed by atoms with E-state index in [-0.39, 0.29) is 18.7 Å². The van der Waals surface area contributed by atoms with Crippen LogP contribution in [0.15, 0.2) is 52.6 Å². The maximum absolute atomic E-state index is 12.3. The molecule has 4 N–H and O–H groups in total. The molecule has 1 aliphatic carbocycles. The topological polar surface area (TPSA) is 92.4 Å². The lowest BCUT2D eigenvalue weighted by Gasteiger charge is -2.18. The summed E-state index contributed by atoms with van der Waals surface area (Å²) in [5.41, 5.74) is 7.31. The number of rotatable bonds is 5. The predicted molar refractivity (Wildman–Crippen MR) is 82.3 cm³/mol.